The summed E-state index contributed by atoms with van der Waals surface area (Å²) in [5.41, 5.74) is 0. The summed E-state index contributed by atoms with van der Waals surface area (Å²) in [7, 11) is 0. The van der Waals surface area contributed by atoms with Gasteiger partial charge < -0.3 is 9.84 Å². The lowest BCUT2D eigenvalue weighted by Crippen LogP contribution is -1.99. The van der Waals surface area contributed by atoms with Crippen molar-refractivity contribution < 1.29 is 19.4 Å². The number of carbonyl (C=O) groups is 2. The van der Waals surface area contributed by atoms with Gasteiger partial charge in [0.05, 0.1) is 6.61 Å². The van der Waals surface area contributed by atoms with Gasteiger partial charge in [-0.15, -0.1) is 0 Å². The molecule has 0 amide bonds. The van der Waals surface area contributed by atoms with Crippen molar-refractivity contribution in [2.45, 2.75) is 78.6 Å². The SMILES string of the molecule is CC(=O)O.CCC/C=C/CCCCCCCCOC(C)=O. The van der Waals surface area contributed by atoms with Crippen LogP contribution in [0.3, 0.4) is 0 Å². The normalized spacial score (nSPS) is 10.0. The zero-order chi connectivity index (χ0) is 16.3. The number of rotatable bonds is 11. The topological polar surface area (TPSA) is 63.6 Å². The van der Waals surface area contributed by atoms with E-state index >= 15 is 0 Å². The molecule has 0 aliphatic heterocycles. The molecule has 0 aliphatic carbocycles. The molecule has 1 N–H and O–H groups in total. The third kappa shape index (κ3) is 32.3. The van der Waals surface area contributed by atoms with Crippen LogP contribution in [0.5, 0.6) is 0 Å². The van der Waals surface area contributed by atoms with Crippen LogP contribution in [-0.4, -0.2) is 23.7 Å². The zero-order valence-corrected chi connectivity index (χ0v) is 13.9. The average molecular weight is 300 g/mol. The van der Waals surface area contributed by atoms with E-state index in [9.17, 15) is 4.79 Å². The number of aliphatic carboxylic acids is 1. The fourth-order valence-electron chi connectivity index (χ4n) is 1.69. The Kier molecular flexibility index (Phi) is 19.5. The van der Waals surface area contributed by atoms with E-state index in [2.05, 4.69) is 19.1 Å². The molecule has 0 aromatic carbocycles. The monoisotopic (exact) mass is 300 g/mol. The first kappa shape index (κ1) is 22.0. The Labute approximate surface area is 129 Å². The molecule has 124 valence electrons. The molecular formula is C17H32O4. The predicted molar refractivity (Wildman–Crippen MR) is 86.3 cm³/mol. The molecule has 21 heavy (non-hydrogen) atoms. The maximum atomic E-state index is 10.5. The third-order valence-corrected chi connectivity index (χ3v) is 2.69. The highest BCUT2D eigenvalue weighted by atomic mass is 16.5. The smallest absolute Gasteiger partial charge is 0.302 e. The van der Waals surface area contributed by atoms with Crippen molar-refractivity contribution in [3.8, 4) is 0 Å². The number of carboxylic acid groups (broad SMARTS) is 1. The Morgan fingerprint density at radius 2 is 1.38 bits per heavy atom. The van der Waals surface area contributed by atoms with Crippen molar-refractivity contribution in [1.82, 2.24) is 0 Å². The Balaban J connectivity index is 0. The second kappa shape index (κ2) is 18.7. The maximum absolute atomic E-state index is 10.5. The number of unbranched alkanes of at least 4 members (excludes halogenated alkanes) is 7. The summed E-state index contributed by atoms with van der Waals surface area (Å²) in [6, 6.07) is 0. The van der Waals surface area contributed by atoms with Gasteiger partial charge >= 0.3 is 5.97 Å². The van der Waals surface area contributed by atoms with Crippen LogP contribution < -0.4 is 0 Å². The van der Waals surface area contributed by atoms with Crippen molar-refractivity contribution in [2.75, 3.05) is 6.61 Å². The minimum atomic E-state index is -0.833. The molecular weight excluding hydrogens is 268 g/mol. The van der Waals surface area contributed by atoms with Crippen molar-refractivity contribution in [3.63, 3.8) is 0 Å². The van der Waals surface area contributed by atoms with Gasteiger partial charge in [0.25, 0.3) is 5.97 Å². The van der Waals surface area contributed by atoms with Crippen LogP contribution in [0.25, 0.3) is 0 Å². The molecule has 0 saturated carbocycles. The van der Waals surface area contributed by atoms with Gasteiger partial charge in [-0.1, -0.05) is 51.2 Å². The molecule has 0 saturated heterocycles. The van der Waals surface area contributed by atoms with Gasteiger partial charge in [0.15, 0.2) is 0 Å². The third-order valence-electron chi connectivity index (χ3n) is 2.69. The molecule has 4 nitrogen and oxygen atoms in total. The van der Waals surface area contributed by atoms with Crippen molar-refractivity contribution in [3.05, 3.63) is 12.2 Å². The van der Waals surface area contributed by atoms with Gasteiger partial charge in [-0.2, -0.15) is 0 Å². The molecule has 4 heteroatoms. The Bertz CT molecular complexity index is 268. The minimum absolute atomic E-state index is 0.163. The summed E-state index contributed by atoms with van der Waals surface area (Å²) >= 11 is 0. The Hall–Kier alpha value is -1.32. The van der Waals surface area contributed by atoms with Gasteiger partial charge in [-0.25, -0.2) is 0 Å². The number of esters is 1. The number of hydrogen-bond acceptors (Lipinski definition) is 3. The number of ether oxygens (including phenoxy) is 1. The van der Waals surface area contributed by atoms with E-state index in [0.717, 1.165) is 13.3 Å². The summed E-state index contributed by atoms with van der Waals surface area (Å²) in [4.78, 5) is 19.5. The largest absolute Gasteiger partial charge is 0.481 e. The molecule has 0 unspecified atom stereocenters. The first-order chi connectivity index (χ1) is 10.0. The van der Waals surface area contributed by atoms with E-state index in [1.54, 1.807) is 0 Å². The molecule has 0 spiro atoms. The summed E-state index contributed by atoms with van der Waals surface area (Å²) in [5, 5.41) is 7.42. The number of hydrogen-bond donors (Lipinski definition) is 1. The summed E-state index contributed by atoms with van der Waals surface area (Å²) in [6.07, 6.45) is 15.7. The van der Waals surface area contributed by atoms with Gasteiger partial charge in [0, 0.05) is 13.8 Å². The van der Waals surface area contributed by atoms with Crippen LogP contribution in [0, 0.1) is 0 Å². The Morgan fingerprint density at radius 3 is 1.90 bits per heavy atom. The second-order valence-corrected chi connectivity index (χ2v) is 5.03. The van der Waals surface area contributed by atoms with E-state index in [1.165, 1.54) is 58.3 Å². The molecule has 0 aromatic heterocycles. The van der Waals surface area contributed by atoms with E-state index in [1.807, 2.05) is 0 Å². The van der Waals surface area contributed by atoms with E-state index in [4.69, 9.17) is 14.6 Å². The van der Waals surface area contributed by atoms with Crippen molar-refractivity contribution in [2.24, 2.45) is 0 Å². The number of allylic oxidation sites excluding steroid dienone is 2. The first-order valence-electron chi connectivity index (χ1n) is 7.98. The lowest BCUT2D eigenvalue weighted by Gasteiger charge is -2.02. The standard InChI is InChI=1S/C15H28O2.C2H4O2/c1-3-4-5-6-7-8-9-10-11-12-13-14-17-15(2)16;1-2(3)4/h5-6H,3-4,7-14H2,1-2H3;1H3,(H,3,4)/b6-5+;. The van der Waals surface area contributed by atoms with Gasteiger partial charge in [-0.3, -0.25) is 9.59 Å². The average Bonchev–Trinajstić information content (AvgIpc) is 2.39. The molecule has 0 atom stereocenters. The van der Waals surface area contributed by atoms with Crippen molar-refractivity contribution in [1.29, 1.82) is 0 Å². The van der Waals surface area contributed by atoms with Crippen LogP contribution >= 0.6 is 0 Å². The molecule has 0 heterocycles. The molecule has 0 radical (unpaired) electrons. The van der Waals surface area contributed by atoms with Crippen LogP contribution in [0.2, 0.25) is 0 Å². The fourth-order valence-corrected chi connectivity index (χ4v) is 1.69. The van der Waals surface area contributed by atoms with Crippen LogP contribution in [0.1, 0.15) is 78.6 Å². The number of carboxylic acids is 1. The Morgan fingerprint density at radius 1 is 0.905 bits per heavy atom. The van der Waals surface area contributed by atoms with Gasteiger partial charge in [-0.05, 0) is 25.7 Å². The molecule has 0 fully saturated rings. The summed E-state index contributed by atoms with van der Waals surface area (Å²) in [5.74, 6) is -0.996. The van der Waals surface area contributed by atoms with Crippen LogP contribution in [-0.2, 0) is 14.3 Å². The van der Waals surface area contributed by atoms with Crippen molar-refractivity contribution >= 4 is 11.9 Å². The van der Waals surface area contributed by atoms with Gasteiger partial charge in [0.1, 0.15) is 0 Å². The second-order valence-electron chi connectivity index (χ2n) is 5.03. The van der Waals surface area contributed by atoms with E-state index in [-0.39, 0.29) is 5.97 Å². The van der Waals surface area contributed by atoms with Gasteiger partial charge in [0.2, 0.25) is 0 Å². The maximum Gasteiger partial charge on any atom is 0.302 e. The first-order valence-corrected chi connectivity index (χ1v) is 7.98. The van der Waals surface area contributed by atoms with E-state index < -0.39 is 5.97 Å². The molecule has 0 bridgehead atoms. The quantitative estimate of drug-likeness (QED) is 0.340. The minimum Gasteiger partial charge on any atom is -0.481 e. The highest BCUT2D eigenvalue weighted by molar-refractivity contribution is 5.65. The lowest BCUT2D eigenvalue weighted by molar-refractivity contribution is -0.141. The zero-order valence-electron chi connectivity index (χ0n) is 13.9. The molecule has 0 rings (SSSR count). The lowest BCUT2D eigenvalue weighted by atomic mass is 10.1. The molecule has 0 aromatic rings. The highest BCUT2D eigenvalue weighted by Crippen LogP contribution is 2.08. The van der Waals surface area contributed by atoms with E-state index in [0.29, 0.717) is 6.61 Å². The summed E-state index contributed by atoms with van der Waals surface area (Å²) in [6.45, 7) is 5.35. The number of carbonyl (C=O) groups excluding carboxylic acids is 1. The fraction of sp³-hybridized carbons (Fsp3) is 0.765. The van der Waals surface area contributed by atoms with Crippen LogP contribution in [0.15, 0.2) is 12.2 Å². The van der Waals surface area contributed by atoms with Crippen LogP contribution in [0.4, 0.5) is 0 Å². The predicted octanol–water partition coefficient (Wildman–Crippen LogP) is 4.73. The summed E-state index contributed by atoms with van der Waals surface area (Å²) < 4.78 is 4.88. The molecule has 0 aliphatic rings. The highest BCUT2D eigenvalue weighted by Gasteiger charge is 1.93.